The van der Waals surface area contributed by atoms with Gasteiger partial charge in [-0.15, -0.1) is 0 Å². The third-order valence-corrected chi connectivity index (χ3v) is 6.38. The van der Waals surface area contributed by atoms with Gasteiger partial charge >= 0.3 is 0 Å². The number of rotatable bonds is 5. The van der Waals surface area contributed by atoms with Crippen molar-refractivity contribution in [3.05, 3.63) is 18.0 Å². The first kappa shape index (κ1) is 18.5. The van der Waals surface area contributed by atoms with Crippen LogP contribution >= 0.6 is 0 Å². The van der Waals surface area contributed by atoms with Gasteiger partial charge in [0, 0.05) is 30.9 Å². The van der Waals surface area contributed by atoms with Crippen LogP contribution in [0.3, 0.4) is 0 Å². The second kappa shape index (κ2) is 7.72. The topological polar surface area (TPSA) is 102 Å². The predicted molar refractivity (Wildman–Crippen MR) is 110 cm³/mol. The van der Waals surface area contributed by atoms with Crippen LogP contribution in [0.15, 0.2) is 17.0 Å². The molecule has 3 aromatic rings. The fraction of sp³-hybridized carbons (Fsp3) is 0.600. The van der Waals surface area contributed by atoms with Crippen LogP contribution in [0.2, 0.25) is 0 Å². The lowest BCUT2D eigenvalue weighted by molar-refractivity contribution is 0.123. The van der Waals surface area contributed by atoms with Crippen molar-refractivity contribution in [2.75, 3.05) is 31.9 Å². The number of nitrogens with zero attached hydrogens (tertiary/aromatic N) is 7. The van der Waals surface area contributed by atoms with Gasteiger partial charge in [-0.05, 0) is 69.1 Å². The zero-order valence-electron chi connectivity index (χ0n) is 16.9. The van der Waals surface area contributed by atoms with E-state index in [1.165, 1.54) is 44.3 Å². The molecule has 0 amide bonds. The van der Waals surface area contributed by atoms with Gasteiger partial charge in [0.25, 0.3) is 0 Å². The number of pyridine rings is 1. The standard InChI is InChI=1S/C20H28N8O/c1-2-28-18-14(13-26-9-5-15(6-10-26)27-7-3-4-8-27)11-22-12-16(18)23-20(28)17-19(21)25-29-24-17/h11-12,15H,2-10,13H2,1H3,(H2,21,25). The molecule has 0 bridgehead atoms. The molecule has 154 valence electrons. The molecule has 29 heavy (non-hydrogen) atoms. The average molecular weight is 396 g/mol. The molecule has 2 saturated heterocycles. The molecule has 2 N–H and O–H groups in total. The van der Waals surface area contributed by atoms with Crippen LogP contribution < -0.4 is 5.73 Å². The zero-order valence-corrected chi connectivity index (χ0v) is 16.9. The summed E-state index contributed by atoms with van der Waals surface area (Å²) in [6.07, 6.45) is 9.01. The highest BCUT2D eigenvalue weighted by Crippen LogP contribution is 2.29. The molecule has 2 aliphatic rings. The number of imidazole rings is 1. The predicted octanol–water partition coefficient (Wildman–Crippen LogP) is 2.14. The SMILES string of the molecule is CCn1c(-c2nonc2N)nc2cncc(CN3CCC(N4CCCC4)CC3)c21. The number of fused-ring (bicyclic) bond motifs is 1. The molecule has 9 nitrogen and oxygen atoms in total. The highest BCUT2D eigenvalue weighted by molar-refractivity contribution is 5.83. The molecule has 3 aromatic heterocycles. The van der Waals surface area contributed by atoms with Crippen molar-refractivity contribution >= 4 is 16.9 Å². The number of aromatic nitrogens is 5. The third-order valence-electron chi connectivity index (χ3n) is 6.38. The van der Waals surface area contributed by atoms with Crippen molar-refractivity contribution in [2.24, 2.45) is 0 Å². The van der Waals surface area contributed by atoms with Crippen LogP contribution in [-0.2, 0) is 13.1 Å². The Labute approximate surface area is 169 Å². The molecule has 0 unspecified atom stereocenters. The molecule has 0 saturated carbocycles. The highest BCUT2D eigenvalue weighted by Gasteiger charge is 2.27. The third kappa shape index (κ3) is 3.38. The first-order valence-corrected chi connectivity index (χ1v) is 10.6. The number of likely N-dealkylation sites (tertiary alicyclic amines) is 2. The van der Waals surface area contributed by atoms with E-state index in [1.54, 1.807) is 6.20 Å². The molecular weight excluding hydrogens is 368 g/mol. The Morgan fingerprint density at radius 3 is 2.59 bits per heavy atom. The summed E-state index contributed by atoms with van der Waals surface area (Å²) in [5.74, 6) is 0.941. The number of hydrogen-bond donors (Lipinski definition) is 1. The molecule has 0 atom stereocenters. The summed E-state index contributed by atoms with van der Waals surface area (Å²) in [6.45, 7) is 8.56. The second-order valence-electron chi connectivity index (χ2n) is 8.09. The Morgan fingerprint density at radius 1 is 1.10 bits per heavy atom. The van der Waals surface area contributed by atoms with Crippen molar-refractivity contribution < 1.29 is 4.63 Å². The summed E-state index contributed by atoms with van der Waals surface area (Å²) in [7, 11) is 0. The van der Waals surface area contributed by atoms with E-state index in [9.17, 15) is 0 Å². The first-order valence-electron chi connectivity index (χ1n) is 10.6. The maximum atomic E-state index is 5.92. The Kier molecular flexibility index (Phi) is 4.92. The van der Waals surface area contributed by atoms with Crippen molar-refractivity contribution in [2.45, 2.75) is 51.7 Å². The Hall–Kier alpha value is -2.52. The Morgan fingerprint density at radius 2 is 1.90 bits per heavy atom. The highest BCUT2D eigenvalue weighted by atomic mass is 16.6. The fourth-order valence-electron chi connectivity index (χ4n) is 4.90. The smallest absolute Gasteiger partial charge is 0.199 e. The number of hydrogen-bond acceptors (Lipinski definition) is 8. The molecule has 0 aromatic carbocycles. The Balaban J connectivity index is 1.39. The van der Waals surface area contributed by atoms with E-state index in [1.807, 2.05) is 6.20 Å². The first-order chi connectivity index (χ1) is 14.2. The van der Waals surface area contributed by atoms with Gasteiger partial charge in [0.2, 0.25) is 0 Å². The maximum absolute atomic E-state index is 5.92. The van der Waals surface area contributed by atoms with Gasteiger partial charge in [0.15, 0.2) is 17.3 Å². The minimum absolute atomic E-state index is 0.258. The van der Waals surface area contributed by atoms with Crippen molar-refractivity contribution in [3.63, 3.8) is 0 Å². The van der Waals surface area contributed by atoms with E-state index < -0.39 is 0 Å². The zero-order chi connectivity index (χ0) is 19.8. The van der Waals surface area contributed by atoms with Crippen molar-refractivity contribution in [1.29, 1.82) is 0 Å². The van der Waals surface area contributed by atoms with Gasteiger partial charge in [-0.1, -0.05) is 0 Å². The van der Waals surface area contributed by atoms with E-state index in [-0.39, 0.29) is 5.82 Å². The van der Waals surface area contributed by atoms with Gasteiger partial charge in [-0.25, -0.2) is 9.61 Å². The van der Waals surface area contributed by atoms with Crippen LogP contribution in [-0.4, -0.2) is 66.9 Å². The molecular formula is C20H28N8O. The number of nitrogens with two attached hydrogens (primary N) is 1. The van der Waals surface area contributed by atoms with Crippen LogP contribution in [0.5, 0.6) is 0 Å². The number of nitrogen functional groups attached to an aromatic ring is 1. The quantitative estimate of drug-likeness (QED) is 0.700. The molecule has 5 rings (SSSR count). The van der Waals surface area contributed by atoms with Crippen LogP contribution in [0.1, 0.15) is 38.2 Å². The molecule has 9 heteroatoms. The van der Waals surface area contributed by atoms with E-state index in [0.29, 0.717) is 11.5 Å². The largest absolute Gasteiger partial charge is 0.379 e. The summed E-state index contributed by atoms with van der Waals surface area (Å²) in [5.41, 5.74) is 9.55. The molecule has 2 fully saturated rings. The van der Waals surface area contributed by atoms with Crippen LogP contribution in [0.4, 0.5) is 5.82 Å². The van der Waals surface area contributed by atoms with Crippen LogP contribution in [0.25, 0.3) is 22.6 Å². The summed E-state index contributed by atoms with van der Waals surface area (Å²) in [4.78, 5) is 14.4. The number of aryl methyl sites for hydroxylation is 1. The molecule has 5 heterocycles. The van der Waals surface area contributed by atoms with E-state index in [0.717, 1.165) is 43.3 Å². The van der Waals surface area contributed by atoms with E-state index in [4.69, 9.17) is 15.3 Å². The van der Waals surface area contributed by atoms with Gasteiger partial charge in [0.1, 0.15) is 5.52 Å². The minimum Gasteiger partial charge on any atom is -0.379 e. The fourth-order valence-corrected chi connectivity index (χ4v) is 4.90. The van der Waals surface area contributed by atoms with Gasteiger partial charge in [0.05, 0.1) is 11.7 Å². The molecule has 2 aliphatic heterocycles. The maximum Gasteiger partial charge on any atom is 0.199 e. The van der Waals surface area contributed by atoms with Gasteiger partial charge < -0.3 is 15.2 Å². The molecule has 0 aliphatic carbocycles. The minimum atomic E-state index is 0.258. The number of piperidine rings is 1. The summed E-state index contributed by atoms with van der Waals surface area (Å²) < 4.78 is 6.93. The Bertz CT molecular complexity index is 982. The molecule has 0 radical (unpaired) electrons. The van der Waals surface area contributed by atoms with Crippen LogP contribution in [0, 0.1) is 0 Å². The lowest BCUT2D eigenvalue weighted by Crippen LogP contribution is -2.43. The summed E-state index contributed by atoms with van der Waals surface area (Å²) in [6, 6.07) is 0.762. The second-order valence-corrected chi connectivity index (χ2v) is 8.09. The van der Waals surface area contributed by atoms with Crippen molar-refractivity contribution in [1.82, 2.24) is 34.6 Å². The lowest BCUT2D eigenvalue weighted by Gasteiger charge is -2.36. The van der Waals surface area contributed by atoms with Crippen molar-refractivity contribution in [3.8, 4) is 11.5 Å². The van der Waals surface area contributed by atoms with E-state index >= 15 is 0 Å². The van der Waals surface area contributed by atoms with Gasteiger partial charge in [-0.2, -0.15) is 0 Å². The van der Waals surface area contributed by atoms with E-state index in [2.05, 4.69) is 36.6 Å². The average Bonchev–Trinajstić information content (AvgIpc) is 3.48. The normalized spacial score (nSPS) is 19.5. The molecule has 0 spiro atoms. The van der Waals surface area contributed by atoms with Gasteiger partial charge in [-0.3, -0.25) is 9.88 Å². The number of anilines is 1. The summed E-state index contributed by atoms with van der Waals surface area (Å²) >= 11 is 0. The lowest BCUT2D eigenvalue weighted by atomic mass is 10.0. The summed E-state index contributed by atoms with van der Waals surface area (Å²) in [5, 5.41) is 7.66. The monoisotopic (exact) mass is 396 g/mol.